The van der Waals surface area contributed by atoms with E-state index in [1.54, 1.807) is 11.8 Å². The number of fused-ring (bicyclic) bond motifs is 1. The van der Waals surface area contributed by atoms with E-state index in [0.717, 1.165) is 5.88 Å². The number of thioether (sulfide) groups is 1. The molecule has 0 atom stereocenters. The summed E-state index contributed by atoms with van der Waals surface area (Å²) in [6.45, 7) is 2.12. The molecule has 0 aromatic heterocycles. The van der Waals surface area contributed by atoms with Crippen LogP contribution in [0.1, 0.15) is 11.1 Å². The van der Waals surface area contributed by atoms with Crippen LogP contribution in [0.25, 0.3) is 0 Å². The van der Waals surface area contributed by atoms with E-state index in [1.165, 1.54) is 16.0 Å². The fraction of sp³-hybridized carbons (Fsp3) is 0.222. The van der Waals surface area contributed by atoms with Gasteiger partial charge < -0.3 is 0 Å². The lowest BCUT2D eigenvalue weighted by Crippen LogP contribution is -1.95. The molecule has 0 saturated carbocycles. The summed E-state index contributed by atoms with van der Waals surface area (Å²) in [7, 11) is 0. The molecule has 1 aliphatic rings. The second-order valence-electron chi connectivity index (χ2n) is 2.57. The third-order valence-electron chi connectivity index (χ3n) is 1.80. The largest absolute Gasteiger partial charge is 0.281 e. The van der Waals surface area contributed by atoms with E-state index in [9.17, 15) is 0 Å². The van der Waals surface area contributed by atoms with Gasteiger partial charge in [-0.25, -0.2) is 0 Å². The SMILES string of the molecule is Cc1cccc2c1C=NCS2. The maximum atomic E-state index is 4.22. The van der Waals surface area contributed by atoms with Crippen molar-refractivity contribution in [3.63, 3.8) is 0 Å². The summed E-state index contributed by atoms with van der Waals surface area (Å²) in [5, 5.41) is 0. The molecule has 1 aliphatic heterocycles. The fourth-order valence-corrected chi connectivity index (χ4v) is 2.01. The average molecular weight is 163 g/mol. The summed E-state index contributed by atoms with van der Waals surface area (Å²) in [5.74, 6) is 0.871. The molecular formula is C9H9NS. The average Bonchev–Trinajstić information content (AvgIpc) is 2.06. The molecule has 1 aromatic rings. The molecule has 0 spiro atoms. The minimum atomic E-state index is 0.871. The molecule has 56 valence electrons. The Kier molecular flexibility index (Phi) is 1.70. The van der Waals surface area contributed by atoms with Gasteiger partial charge in [-0.05, 0) is 18.6 Å². The Hall–Kier alpha value is -0.760. The number of hydrogen-bond acceptors (Lipinski definition) is 2. The van der Waals surface area contributed by atoms with Crippen LogP contribution in [0, 0.1) is 6.92 Å². The molecule has 0 aliphatic carbocycles. The zero-order valence-electron chi connectivity index (χ0n) is 6.37. The van der Waals surface area contributed by atoms with Crippen molar-refractivity contribution in [3.8, 4) is 0 Å². The third-order valence-corrected chi connectivity index (χ3v) is 2.74. The van der Waals surface area contributed by atoms with Crippen molar-refractivity contribution in [1.29, 1.82) is 0 Å². The Labute approximate surface area is 70.5 Å². The molecule has 2 heteroatoms. The predicted octanol–water partition coefficient (Wildman–Crippen LogP) is 2.48. The molecule has 2 rings (SSSR count). The minimum absolute atomic E-state index is 0.871. The normalized spacial score (nSPS) is 14.6. The van der Waals surface area contributed by atoms with E-state index in [1.807, 2.05) is 6.21 Å². The Balaban J connectivity index is 2.60. The summed E-state index contributed by atoms with van der Waals surface area (Å²) in [6.07, 6.45) is 1.97. The summed E-state index contributed by atoms with van der Waals surface area (Å²) >= 11 is 1.80. The van der Waals surface area contributed by atoms with Crippen molar-refractivity contribution in [1.82, 2.24) is 0 Å². The van der Waals surface area contributed by atoms with E-state index >= 15 is 0 Å². The van der Waals surface area contributed by atoms with E-state index < -0.39 is 0 Å². The molecule has 0 radical (unpaired) electrons. The maximum Gasteiger partial charge on any atom is 0.0890 e. The van der Waals surface area contributed by atoms with Crippen LogP contribution in [0.5, 0.6) is 0 Å². The zero-order chi connectivity index (χ0) is 7.68. The molecule has 1 nitrogen and oxygen atoms in total. The first-order chi connectivity index (χ1) is 5.38. The standard InChI is InChI=1S/C9H9NS/c1-7-3-2-4-9-8(7)5-10-6-11-9/h2-5H,6H2,1H3. The Morgan fingerprint density at radius 3 is 3.18 bits per heavy atom. The van der Waals surface area contributed by atoms with E-state index in [-0.39, 0.29) is 0 Å². The number of hydrogen-bond donors (Lipinski definition) is 0. The van der Waals surface area contributed by atoms with Gasteiger partial charge in [0.15, 0.2) is 0 Å². The number of rotatable bonds is 0. The highest BCUT2D eigenvalue weighted by Crippen LogP contribution is 2.26. The van der Waals surface area contributed by atoms with Gasteiger partial charge in [-0.1, -0.05) is 12.1 Å². The zero-order valence-corrected chi connectivity index (χ0v) is 7.19. The molecule has 0 bridgehead atoms. The Morgan fingerprint density at radius 1 is 1.45 bits per heavy atom. The lowest BCUT2D eigenvalue weighted by atomic mass is 10.1. The van der Waals surface area contributed by atoms with Crippen LogP contribution in [0.3, 0.4) is 0 Å². The number of nitrogens with zero attached hydrogens (tertiary/aromatic N) is 1. The van der Waals surface area contributed by atoms with Crippen LogP contribution in [0.2, 0.25) is 0 Å². The second kappa shape index (κ2) is 2.70. The molecule has 0 unspecified atom stereocenters. The third kappa shape index (κ3) is 1.18. The lowest BCUT2D eigenvalue weighted by molar-refractivity contribution is 1.27. The van der Waals surface area contributed by atoms with E-state index in [2.05, 4.69) is 30.1 Å². The van der Waals surface area contributed by atoms with Gasteiger partial charge in [0, 0.05) is 16.7 Å². The van der Waals surface area contributed by atoms with Gasteiger partial charge in [0.2, 0.25) is 0 Å². The summed E-state index contributed by atoms with van der Waals surface area (Å²) in [5.41, 5.74) is 2.61. The summed E-state index contributed by atoms with van der Waals surface area (Å²) in [4.78, 5) is 5.58. The maximum absolute atomic E-state index is 4.22. The molecule has 11 heavy (non-hydrogen) atoms. The van der Waals surface area contributed by atoms with Gasteiger partial charge in [-0.15, -0.1) is 11.8 Å². The van der Waals surface area contributed by atoms with Crippen molar-refractivity contribution < 1.29 is 0 Å². The molecule has 0 amide bonds. The van der Waals surface area contributed by atoms with Gasteiger partial charge >= 0.3 is 0 Å². The Bertz CT molecular complexity index is 304. The number of benzene rings is 1. The molecule has 1 aromatic carbocycles. The molecule has 0 N–H and O–H groups in total. The molecule has 0 saturated heterocycles. The highest BCUT2D eigenvalue weighted by Gasteiger charge is 2.06. The van der Waals surface area contributed by atoms with Crippen molar-refractivity contribution in [2.75, 3.05) is 5.88 Å². The van der Waals surface area contributed by atoms with Crippen molar-refractivity contribution in [2.45, 2.75) is 11.8 Å². The quantitative estimate of drug-likeness (QED) is 0.572. The van der Waals surface area contributed by atoms with E-state index in [0.29, 0.717) is 0 Å². The second-order valence-corrected chi connectivity index (χ2v) is 3.56. The summed E-state index contributed by atoms with van der Waals surface area (Å²) in [6, 6.07) is 6.37. The first-order valence-corrected chi connectivity index (χ1v) is 4.59. The lowest BCUT2D eigenvalue weighted by Gasteiger charge is -2.10. The van der Waals surface area contributed by atoms with Gasteiger partial charge in [0.05, 0.1) is 5.88 Å². The fourth-order valence-electron chi connectivity index (χ4n) is 1.18. The smallest absolute Gasteiger partial charge is 0.0890 e. The monoisotopic (exact) mass is 163 g/mol. The van der Waals surface area contributed by atoms with Crippen molar-refractivity contribution in [3.05, 3.63) is 29.3 Å². The molecular weight excluding hydrogens is 154 g/mol. The first kappa shape index (κ1) is 6.92. The van der Waals surface area contributed by atoms with Crippen LogP contribution < -0.4 is 0 Å². The van der Waals surface area contributed by atoms with Crippen LogP contribution in [-0.2, 0) is 0 Å². The van der Waals surface area contributed by atoms with Crippen LogP contribution in [0.15, 0.2) is 28.1 Å². The van der Waals surface area contributed by atoms with Gasteiger partial charge in [0.25, 0.3) is 0 Å². The number of aliphatic imine (C=N–C) groups is 1. The van der Waals surface area contributed by atoms with Crippen LogP contribution in [-0.4, -0.2) is 12.1 Å². The summed E-state index contributed by atoms with van der Waals surface area (Å²) < 4.78 is 0. The van der Waals surface area contributed by atoms with Gasteiger partial charge in [-0.2, -0.15) is 0 Å². The highest BCUT2D eigenvalue weighted by atomic mass is 32.2. The number of aryl methyl sites for hydroxylation is 1. The molecule has 1 heterocycles. The first-order valence-electron chi connectivity index (χ1n) is 3.60. The Morgan fingerprint density at radius 2 is 2.36 bits per heavy atom. The van der Waals surface area contributed by atoms with E-state index in [4.69, 9.17) is 0 Å². The van der Waals surface area contributed by atoms with Gasteiger partial charge in [-0.3, -0.25) is 4.99 Å². The highest BCUT2D eigenvalue weighted by molar-refractivity contribution is 7.99. The van der Waals surface area contributed by atoms with Gasteiger partial charge in [0.1, 0.15) is 0 Å². The van der Waals surface area contributed by atoms with Crippen molar-refractivity contribution in [2.24, 2.45) is 4.99 Å². The van der Waals surface area contributed by atoms with Crippen molar-refractivity contribution >= 4 is 18.0 Å². The van der Waals surface area contributed by atoms with Crippen LogP contribution >= 0.6 is 11.8 Å². The minimum Gasteiger partial charge on any atom is -0.281 e. The molecule has 0 fully saturated rings. The van der Waals surface area contributed by atoms with Crippen LogP contribution in [0.4, 0.5) is 0 Å². The topological polar surface area (TPSA) is 12.4 Å². The predicted molar refractivity (Wildman–Crippen MR) is 49.5 cm³/mol.